The number of rotatable bonds is 10. The monoisotopic (exact) mass is 447 g/mol. The van der Waals surface area contributed by atoms with E-state index in [0.29, 0.717) is 23.3 Å². The molecule has 180 valence electrons. The zero-order valence-electron chi connectivity index (χ0n) is 20.7. The summed E-state index contributed by atoms with van der Waals surface area (Å²) >= 11 is 0. The summed E-state index contributed by atoms with van der Waals surface area (Å²) in [5, 5.41) is 3.49. The molecule has 2 aliphatic rings. The van der Waals surface area contributed by atoms with Crippen molar-refractivity contribution in [1.29, 1.82) is 0 Å². The van der Waals surface area contributed by atoms with Crippen molar-refractivity contribution in [2.45, 2.75) is 45.3 Å². The van der Waals surface area contributed by atoms with Gasteiger partial charge < -0.3 is 24.4 Å². The lowest BCUT2D eigenvalue weighted by Gasteiger charge is -2.37. The lowest BCUT2D eigenvalue weighted by molar-refractivity contribution is 0.171. The summed E-state index contributed by atoms with van der Waals surface area (Å²) in [6.07, 6.45) is 2.66. The van der Waals surface area contributed by atoms with Crippen molar-refractivity contribution in [3.05, 3.63) is 17.7 Å². The van der Waals surface area contributed by atoms with E-state index >= 15 is 0 Å². The number of ether oxygens (including phenoxy) is 3. The molecule has 8 nitrogen and oxygen atoms in total. The van der Waals surface area contributed by atoms with Gasteiger partial charge in [0.15, 0.2) is 17.5 Å². The van der Waals surface area contributed by atoms with Crippen LogP contribution in [-0.2, 0) is 6.54 Å². The molecule has 1 unspecified atom stereocenters. The van der Waals surface area contributed by atoms with E-state index < -0.39 is 0 Å². The maximum atomic E-state index is 5.51. The van der Waals surface area contributed by atoms with Gasteiger partial charge in [-0.05, 0) is 51.4 Å². The predicted octanol–water partition coefficient (Wildman–Crippen LogP) is 2.28. The minimum Gasteiger partial charge on any atom is -0.493 e. The molecular formula is C24H41N5O3. The lowest BCUT2D eigenvalue weighted by Crippen LogP contribution is -2.52. The Morgan fingerprint density at radius 2 is 1.72 bits per heavy atom. The first-order chi connectivity index (χ1) is 15.5. The van der Waals surface area contributed by atoms with Crippen LogP contribution in [0.2, 0.25) is 0 Å². The van der Waals surface area contributed by atoms with Gasteiger partial charge in [-0.15, -0.1) is 0 Å². The summed E-state index contributed by atoms with van der Waals surface area (Å²) in [5.74, 6) is 3.08. The van der Waals surface area contributed by atoms with E-state index in [9.17, 15) is 0 Å². The SMILES string of the molecule is CCNC(=NCC(C)N(C)C1CC1)N1CCN(Cc2cc(OC)c(OC)c(OC)c2)CC1. The molecule has 1 aliphatic carbocycles. The number of methoxy groups -OCH3 is 3. The van der Waals surface area contributed by atoms with E-state index in [1.165, 1.54) is 12.8 Å². The molecule has 1 saturated carbocycles. The number of benzene rings is 1. The molecule has 1 saturated heterocycles. The van der Waals surface area contributed by atoms with Crippen LogP contribution in [0.4, 0.5) is 0 Å². The fraction of sp³-hybridized carbons (Fsp3) is 0.708. The number of likely N-dealkylation sites (N-methyl/N-ethyl adjacent to an activating group) is 1. The average Bonchev–Trinajstić information content (AvgIpc) is 3.66. The highest BCUT2D eigenvalue weighted by Gasteiger charge is 2.29. The molecule has 8 heteroatoms. The third-order valence-electron chi connectivity index (χ3n) is 6.46. The average molecular weight is 448 g/mol. The summed E-state index contributed by atoms with van der Waals surface area (Å²) in [6.45, 7) is 10.9. The molecule has 2 fully saturated rings. The van der Waals surface area contributed by atoms with Crippen molar-refractivity contribution in [3.63, 3.8) is 0 Å². The lowest BCUT2D eigenvalue weighted by atomic mass is 10.1. The number of aliphatic imine (C=N–C) groups is 1. The van der Waals surface area contributed by atoms with Gasteiger partial charge in [-0.1, -0.05) is 0 Å². The van der Waals surface area contributed by atoms with E-state index in [1.54, 1.807) is 21.3 Å². The Labute approximate surface area is 193 Å². The predicted molar refractivity (Wildman–Crippen MR) is 129 cm³/mol. The van der Waals surface area contributed by atoms with Gasteiger partial charge in [-0.2, -0.15) is 0 Å². The molecule has 1 N–H and O–H groups in total. The Morgan fingerprint density at radius 3 is 2.22 bits per heavy atom. The molecule has 1 aromatic rings. The van der Waals surface area contributed by atoms with Crippen LogP contribution in [0.15, 0.2) is 17.1 Å². The van der Waals surface area contributed by atoms with E-state index in [1.807, 2.05) is 12.1 Å². The maximum absolute atomic E-state index is 5.51. The summed E-state index contributed by atoms with van der Waals surface area (Å²) in [7, 11) is 7.18. The Morgan fingerprint density at radius 1 is 1.09 bits per heavy atom. The summed E-state index contributed by atoms with van der Waals surface area (Å²) in [4.78, 5) is 12.3. The number of piperazine rings is 1. The first-order valence-electron chi connectivity index (χ1n) is 11.8. The normalized spacial score (nSPS) is 18.6. The summed E-state index contributed by atoms with van der Waals surface area (Å²) < 4.78 is 16.5. The van der Waals surface area contributed by atoms with Gasteiger partial charge in [0.25, 0.3) is 0 Å². The molecule has 0 amide bonds. The van der Waals surface area contributed by atoms with Gasteiger partial charge in [-0.3, -0.25) is 14.8 Å². The molecule has 3 rings (SSSR count). The van der Waals surface area contributed by atoms with Gasteiger partial charge in [0.05, 0.1) is 27.9 Å². The molecule has 32 heavy (non-hydrogen) atoms. The second-order valence-corrected chi connectivity index (χ2v) is 8.74. The zero-order chi connectivity index (χ0) is 23.1. The summed E-state index contributed by atoms with van der Waals surface area (Å²) in [6, 6.07) is 5.31. The zero-order valence-corrected chi connectivity index (χ0v) is 20.7. The molecule has 1 aromatic carbocycles. The third-order valence-corrected chi connectivity index (χ3v) is 6.46. The number of nitrogens with zero attached hydrogens (tertiary/aromatic N) is 4. The van der Waals surface area contributed by atoms with Crippen LogP contribution in [0.5, 0.6) is 17.2 Å². The molecule has 0 spiro atoms. The van der Waals surface area contributed by atoms with Crippen LogP contribution in [-0.4, -0.2) is 100 Å². The molecule has 0 bridgehead atoms. The van der Waals surface area contributed by atoms with E-state index in [0.717, 1.165) is 63.4 Å². The van der Waals surface area contributed by atoms with Crippen LogP contribution in [0.25, 0.3) is 0 Å². The second kappa shape index (κ2) is 11.6. The standard InChI is InChI=1S/C24H41N5O3/c1-7-25-24(26-16-18(2)27(3)20-8-9-20)29-12-10-28(11-13-29)17-19-14-21(30-4)23(32-6)22(15-19)31-5/h14-15,18,20H,7-13,16-17H2,1-6H3,(H,25,26). The number of nitrogens with one attached hydrogen (secondary N) is 1. The molecule has 1 atom stereocenters. The second-order valence-electron chi connectivity index (χ2n) is 8.74. The number of hydrogen-bond donors (Lipinski definition) is 1. The Kier molecular flexibility index (Phi) is 8.87. The van der Waals surface area contributed by atoms with Crippen molar-refractivity contribution in [3.8, 4) is 17.2 Å². The van der Waals surface area contributed by atoms with Crippen LogP contribution >= 0.6 is 0 Å². The Balaban J connectivity index is 1.57. The van der Waals surface area contributed by atoms with E-state index in [4.69, 9.17) is 19.2 Å². The first-order valence-corrected chi connectivity index (χ1v) is 11.8. The molecule has 1 aliphatic heterocycles. The molecule has 0 aromatic heterocycles. The van der Waals surface area contributed by atoms with Crippen molar-refractivity contribution < 1.29 is 14.2 Å². The highest BCUT2D eigenvalue weighted by molar-refractivity contribution is 5.80. The molecule has 1 heterocycles. The van der Waals surface area contributed by atoms with Gasteiger partial charge in [0.2, 0.25) is 5.75 Å². The molecular weight excluding hydrogens is 406 g/mol. The third kappa shape index (κ3) is 6.19. The van der Waals surface area contributed by atoms with Gasteiger partial charge >= 0.3 is 0 Å². The van der Waals surface area contributed by atoms with Crippen LogP contribution < -0.4 is 19.5 Å². The largest absolute Gasteiger partial charge is 0.493 e. The van der Waals surface area contributed by atoms with E-state index in [-0.39, 0.29) is 0 Å². The van der Waals surface area contributed by atoms with Crippen LogP contribution in [0.3, 0.4) is 0 Å². The quantitative estimate of drug-likeness (QED) is 0.436. The topological polar surface area (TPSA) is 61.8 Å². The fourth-order valence-corrected chi connectivity index (χ4v) is 4.22. The van der Waals surface area contributed by atoms with Crippen molar-refractivity contribution >= 4 is 5.96 Å². The highest BCUT2D eigenvalue weighted by atomic mass is 16.5. The smallest absolute Gasteiger partial charge is 0.203 e. The van der Waals surface area contributed by atoms with Crippen molar-refractivity contribution in [2.75, 3.05) is 67.6 Å². The first kappa shape index (κ1) is 24.5. The fourth-order valence-electron chi connectivity index (χ4n) is 4.22. The van der Waals surface area contributed by atoms with E-state index in [2.05, 4.69) is 40.9 Å². The Hall–Kier alpha value is -2.19. The minimum absolute atomic E-state index is 0.470. The number of guanidine groups is 1. The Bertz CT molecular complexity index is 735. The number of hydrogen-bond acceptors (Lipinski definition) is 6. The summed E-state index contributed by atoms with van der Waals surface area (Å²) in [5.41, 5.74) is 1.16. The minimum atomic E-state index is 0.470. The van der Waals surface area contributed by atoms with Gasteiger partial charge in [-0.25, -0.2) is 0 Å². The highest BCUT2D eigenvalue weighted by Crippen LogP contribution is 2.38. The van der Waals surface area contributed by atoms with Gasteiger partial charge in [0.1, 0.15) is 0 Å². The van der Waals surface area contributed by atoms with Crippen molar-refractivity contribution in [1.82, 2.24) is 20.0 Å². The molecule has 0 radical (unpaired) electrons. The van der Waals surface area contributed by atoms with Crippen LogP contribution in [0, 0.1) is 0 Å². The van der Waals surface area contributed by atoms with Crippen molar-refractivity contribution in [2.24, 2.45) is 4.99 Å². The maximum Gasteiger partial charge on any atom is 0.203 e. The van der Waals surface area contributed by atoms with Crippen LogP contribution in [0.1, 0.15) is 32.3 Å². The van der Waals surface area contributed by atoms with Gasteiger partial charge in [0, 0.05) is 51.4 Å².